The molecule has 0 bridgehead atoms. The molecule has 0 N–H and O–H groups in total. The van der Waals surface area contributed by atoms with Gasteiger partial charge in [0, 0.05) is 25.7 Å². The minimum atomic E-state index is 0.697. The number of rotatable bonds is 10. The van der Waals surface area contributed by atoms with Gasteiger partial charge in [-0.3, -0.25) is 0 Å². The largest absolute Gasteiger partial charge is 0.494 e. The monoisotopic (exact) mass is 349 g/mol. The van der Waals surface area contributed by atoms with Crippen LogP contribution in [0.2, 0.25) is 0 Å². The zero-order valence-electron chi connectivity index (χ0n) is 16.6. The summed E-state index contributed by atoms with van der Waals surface area (Å²) in [5.41, 5.74) is 1.03. The average Bonchev–Trinajstić information content (AvgIpc) is 3.09. The van der Waals surface area contributed by atoms with Crippen molar-refractivity contribution in [1.29, 1.82) is 0 Å². The maximum atomic E-state index is 5.60. The first kappa shape index (κ1) is 23.2. The fourth-order valence-corrected chi connectivity index (χ4v) is 2.02. The summed E-state index contributed by atoms with van der Waals surface area (Å²) in [6.45, 7) is 12.2. The summed E-state index contributed by atoms with van der Waals surface area (Å²) in [6, 6.07) is 11.8. The Labute approximate surface area is 153 Å². The lowest BCUT2D eigenvalue weighted by molar-refractivity contribution is 0.116. The van der Waals surface area contributed by atoms with Crippen LogP contribution in [0.5, 0.6) is 5.75 Å². The van der Waals surface area contributed by atoms with E-state index in [0.717, 1.165) is 56.1 Å². The molecule has 25 heavy (non-hydrogen) atoms. The van der Waals surface area contributed by atoms with Crippen molar-refractivity contribution in [3.63, 3.8) is 0 Å². The van der Waals surface area contributed by atoms with E-state index in [9.17, 15) is 0 Å². The number of benzene rings is 1. The Balaban J connectivity index is 0.00000134. The number of aryl methyl sites for hydroxylation is 2. The molecule has 0 aliphatic rings. The minimum absolute atomic E-state index is 0.697. The third-order valence-electron chi connectivity index (χ3n) is 3.09. The number of para-hydroxylation sites is 1. The van der Waals surface area contributed by atoms with Crippen LogP contribution in [0.1, 0.15) is 58.4 Å². The molecule has 4 heteroatoms. The van der Waals surface area contributed by atoms with Gasteiger partial charge < -0.3 is 14.0 Å². The predicted octanol–water partition coefficient (Wildman–Crippen LogP) is 5.84. The van der Waals surface area contributed by atoms with Gasteiger partial charge >= 0.3 is 0 Å². The standard InChI is InChI=1S/C17H23NO3.2C2H6/c1-15-14-16(18-21-15)8-5-6-11-19-12-7-13-20-17-9-3-2-4-10-17;2*1-2/h2-4,9-10,14H,5-8,11-13H2,1H3;2*1-2H3. The molecule has 4 nitrogen and oxygen atoms in total. The lowest BCUT2D eigenvalue weighted by atomic mass is 10.2. The summed E-state index contributed by atoms with van der Waals surface area (Å²) in [7, 11) is 0. The second-order valence-corrected chi connectivity index (χ2v) is 5.01. The molecule has 0 fully saturated rings. The highest BCUT2D eigenvalue weighted by Crippen LogP contribution is 2.08. The van der Waals surface area contributed by atoms with Crippen LogP contribution in [0, 0.1) is 6.92 Å². The number of hydrogen-bond acceptors (Lipinski definition) is 4. The van der Waals surface area contributed by atoms with E-state index in [2.05, 4.69) is 5.16 Å². The van der Waals surface area contributed by atoms with Crippen molar-refractivity contribution in [2.45, 2.75) is 60.3 Å². The predicted molar refractivity (Wildman–Crippen MR) is 104 cm³/mol. The second-order valence-electron chi connectivity index (χ2n) is 5.01. The van der Waals surface area contributed by atoms with Crippen molar-refractivity contribution in [2.24, 2.45) is 0 Å². The fraction of sp³-hybridized carbons (Fsp3) is 0.571. The van der Waals surface area contributed by atoms with E-state index in [1.54, 1.807) is 0 Å². The Morgan fingerprint density at radius 2 is 1.56 bits per heavy atom. The van der Waals surface area contributed by atoms with Gasteiger partial charge in [0.05, 0.1) is 12.3 Å². The molecule has 0 saturated carbocycles. The Bertz CT molecular complexity index is 497. The maximum absolute atomic E-state index is 5.60. The van der Waals surface area contributed by atoms with Crippen LogP contribution >= 0.6 is 0 Å². The fourth-order valence-electron chi connectivity index (χ4n) is 2.02. The van der Waals surface area contributed by atoms with E-state index in [1.165, 1.54) is 0 Å². The van der Waals surface area contributed by atoms with E-state index >= 15 is 0 Å². The lowest BCUT2D eigenvalue weighted by Crippen LogP contribution is -2.04. The van der Waals surface area contributed by atoms with Gasteiger partial charge in [-0.1, -0.05) is 51.1 Å². The molecule has 1 aromatic carbocycles. The molecule has 0 aliphatic carbocycles. The highest BCUT2D eigenvalue weighted by atomic mass is 16.5. The number of ether oxygens (including phenoxy) is 2. The second kappa shape index (κ2) is 17.0. The third kappa shape index (κ3) is 12.2. The van der Waals surface area contributed by atoms with Crippen molar-refractivity contribution in [2.75, 3.05) is 19.8 Å². The zero-order valence-corrected chi connectivity index (χ0v) is 16.6. The van der Waals surface area contributed by atoms with E-state index in [0.29, 0.717) is 6.61 Å². The van der Waals surface area contributed by atoms with E-state index in [1.807, 2.05) is 71.0 Å². The van der Waals surface area contributed by atoms with Gasteiger partial charge in [-0.15, -0.1) is 0 Å². The van der Waals surface area contributed by atoms with Crippen LogP contribution in [0.4, 0.5) is 0 Å². The topological polar surface area (TPSA) is 44.5 Å². The minimum Gasteiger partial charge on any atom is -0.494 e. The molecule has 0 amide bonds. The van der Waals surface area contributed by atoms with Crippen LogP contribution in [0.3, 0.4) is 0 Å². The van der Waals surface area contributed by atoms with Crippen molar-refractivity contribution in [3.8, 4) is 5.75 Å². The number of aromatic nitrogens is 1. The molecule has 1 aromatic heterocycles. The first-order valence-electron chi connectivity index (χ1n) is 9.52. The SMILES string of the molecule is CC.CC.Cc1cc(CCCCOCCCOc2ccccc2)no1. The van der Waals surface area contributed by atoms with Gasteiger partial charge in [-0.25, -0.2) is 0 Å². The van der Waals surface area contributed by atoms with Gasteiger partial charge in [0.2, 0.25) is 0 Å². The quantitative estimate of drug-likeness (QED) is 0.505. The average molecular weight is 350 g/mol. The lowest BCUT2D eigenvalue weighted by Gasteiger charge is -2.06. The molecule has 0 atom stereocenters. The van der Waals surface area contributed by atoms with Gasteiger partial charge in [0.25, 0.3) is 0 Å². The van der Waals surface area contributed by atoms with Gasteiger partial charge in [-0.2, -0.15) is 0 Å². The van der Waals surface area contributed by atoms with E-state index in [-0.39, 0.29) is 0 Å². The molecule has 0 saturated heterocycles. The molecule has 0 unspecified atom stereocenters. The first-order chi connectivity index (χ1) is 12.3. The Morgan fingerprint density at radius 3 is 2.20 bits per heavy atom. The molecular formula is C21H35NO3. The molecular weight excluding hydrogens is 314 g/mol. The molecule has 0 radical (unpaired) electrons. The summed E-state index contributed by atoms with van der Waals surface area (Å²) in [5.74, 6) is 1.79. The zero-order chi connectivity index (χ0) is 18.8. The van der Waals surface area contributed by atoms with Crippen LogP contribution in [0.25, 0.3) is 0 Å². The van der Waals surface area contributed by atoms with Crippen molar-refractivity contribution < 1.29 is 14.0 Å². The van der Waals surface area contributed by atoms with E-state index < -0.39 is 0 Å². The third-order valence-corrected chi connectivity index (χ3v) is 3.09. The number of hydrogen-bond donors (Lipinski definition) is 0. The summed E-state index contributed by atoms with van der Waals surface area (Å²) < 4.78 is 16.2. The van der Waals surface area contributed by atoms with Crippen molar-refractivity contribution >= 4 is 0 Å². The summed E-state index contributed by atoms with van der Waals surface area (Å²) >= 11 is 0. The molecule has 2 rings (SSSR count). The normalized spacial score (nSPS) is 9.48. The van der Waals surface area contributed by atoms with Crippen molar-refractivity contribution in [1.82, 2.24) is 5.16 Å². The van der Waals surface area contributed by atoms with Gasteiger partial charge in [-0.05, 0) is 38.3 Å². The Hall–Kier alpha value is -1.81. The molecule has 0 aliphatic heterocycles. The van der Waals surface area contributed by atoms with Crippen LogP contribution in [-0.4, -0.2) is 25.0 Å². The first-order valence-corrected chi connectivity index (χ1v) is 9.52. The maximum Gasteiger partial charge on any atom is 0.133 e. The van der Waals surface area contributed by atoms with Crippen LogP contribution in [0.15, 0.2) is 40.9 Å². The van der Waals surface area contributed by atoms with Gasteiger partial charge in [0.1, 0.15) is 11.5 Å². The summed E-state index contributed by atoms with van der Waals surface area (Å²) in [5, 5.41) is 3.97. The Kier molecular flexibility index (Phi) is 15.8. The number of unbranched alkanes of at least 4 members (excludes halogenated alkanes) is 1. The molecule has 142 valence electrons. The summed E-state index contributed by atoms with van der Waals surface area (Å²) in [6.07, 6.45) is 3.99. The van der Waals surface area contributed by atoms with Crippen molar-refractivity contribution in [3.05, 3.63) is 47.9 Å². The smallest absolute Gasteiger partial charge is 0.133 e. The van der Waals surface area contributed by atoms with Crippen LogP contribution in [-0.2, 0) is 11.2 Å². The van der Waals surface area contributed by atoms with E-state index in [4.69, 9.17) is 14.0 Å². The molecule has 1 heterocycles. The summed E-state index contributed by atoms with van der Waals surface area (Å²) in [4.78, 5) is 0. The molecule has 0 spiro atoms. The Morgan fingerprint density at radius 1 is 0.880 bits per heavy atom. The van der Waals surface area contributed by atoms with Crippen LogP contribution < -0.4 is 4.74 Å². The van der Waals surface area contributed by atoms with Gasteiger partial charge in [0.15, 0.2) is 0 Å². The number of nitrogens with zero attached hydrogens (tertiary/aromatic N) is 1. The highest BCUT2D eigenvalue weighted by Gasteiger charge is 1.99. The molecule has 2 aromatic rings. The highest BCUT2D eigenvalue weighted by molar-refractivity contribution is 5.20.